The maximum Gasteiger partial charge on any atom is 0.335 e. The number of nitrogens with one attached hydrogen (secondary N) is 2. The minimum Gasteiger partial charge on any atom is -0.334 e. The van der Waals surface area contributed by atoms with Gasteiger partial charge in [-0.2, -0.15) is 5.10 Å². The normalized spacial score (nSPS) is 25.5. The third-order valence-electron chi connectivity index (χ3n) is 4.02. The van der Waals surface area contributed by atoms with Crippen molar-refractivity contribution in [1.82, 2.24) is 10.7 Å². The van der Waals surface area contributed by atoms with E-state index in [2.05, 4.69) is 29.7 Å². The third kappa shape index (κ3) is 4.62. The second-order valence-electron chi connectivity index (χ2n) is 6.83. The quantitative estimate of drug-likeness (QED) is 0.763. The van der Waals surface area contributed by atoms with Gasteiger partial charge in [0.05, 0.1) is 0 Å². The zero-order chi connectivity index (χ0) is 14.6. The Labute approximate surface area is 120 Å². The molecule has 0 heterocycles. The Morgan fingerprint density at radius 1 is 1.20 bits per heavy atom. The number of hydrazone groups is 1. The molecule has 0 aliphatic heterocycles. The number of hydrogen-bond donors (Lipinski definition) is 2. The van der Waals surface area contributed by atoms with Gasteiger partial charge in [0.25, 0.3) is 0 Å². The summed E-state index contributed by atoms with van der Waals surface area (Å²) >= 11 is 0. The van der Waals surface area contributed by atoms with Crippen molar-refractivity contribution in [1.29, 1.82) is 0 Å². The number of ketones is 1. The Bertz CT molecular complexity index is 409. The highest BCUT2D eigenvalue weighted by molar-refractivity contribution is 6.05. The molecule has 0 radical (unpaired) electrons. The molecule has 112 valence electrons. The van der Waals surface area contributed by atoms with Crippen LogP contribution >= 0.6 is 0 Å². The van der Waals surface area contributed by atoms with Gasteiger partial charge >= 0.3 is 6.03 Å². The Kier molecular flexibility index (Phi) is 4.78. The van der Waals surface area contributed by atoms with Crippen molar-refractivity contribution in [2.24, 2.45) is 10.5 Å². The third-order valence-corrected chi connectivity index (χ3v) is 4.02. The molecule has 2 amide bonds. The monoisotopic (exact) mass is 279 g/mol. The Hall–Kier alpha value is -1.39. The summed E-state index contributed by atoms with van der Waals surface area (Å²) in [5, 5.41) is 7.08. The molecule has 2 aliphatic rings. The van der Waals surface area contributed by atoms with E-state index in [4.69, 9.17) is 0 Å². The summed E-state index contributed by atoms with van der Waals surface area (Å²) in [6.45, 7) is 4.11. The summed E-state index contributed by atoms with van der Waals surface area (Å²) in [6.07, 6.45) is 7.46. The average molecular weight is 279 g/mol. The van der Waals surface area contributed by atoms with E-state index in [0.29, 0.717) is 12.8 Å². The SMILES string of the molecule is CC1(C)CC(=O)C/C(=N\NC(=O)NC2CCCCC2)C1. The summed E-state index contributed by atoms with van der Waals surface area (Å²) in [7, 11) is 0. The maximum atomic E-state index is 11.8. The molecule has 0 bridgehead atoms. The van der Waals surface area contributed by atoms with E-state index < -0.39 is 0 Å². The van der Waals surface area contributed by atoms with Crippen molar-refractivity contribution in [3.63, 3.8) is 0 Å². The van der Waals surface area contributed by atoms with Crippen LogP contribution < -0.4 is 10.7 Å². The molecule has 0 saturated heterocycles. The molecule has 5 heteroatoms. The molecule has 0 aromatic carbocycles. The molecule has 0 spiro atoms. The predicted molar refractivity (Wildman–Crippen MR) is 78.6 cm³/mol. The van der Waals surface area contributed by atoms with Crippen molar-refractivity contribution < 1.29 is 9.59 Å². The van der Waals surface area contributed by atoms with Crippen molar-refractivity contribution >= 4 is 17.5 Å². The standard InChI is InChI=1S/C15H25N3O2/c1-15(2)9-12(8-13(19)10-15)17-18-14(20)16-11-6-4-3-5-7-11/h11H,3-10H2,1-2H3,(H2,16,18,20)/b17-12+. The lowest BCUT2D eigenvalue weighted by Gasteiger charge is -2.29. The minimum absolute atomic E-state index is 0.0459. The minimum atomic E-state index is -0.250. The van der Waals surface area contributed by atoms with Crippen LogP contribution in [-0.4, -0.2) is 23.6 Å². The molecule has 0 atom stereocenters. The first kappa shape index (κ1) is 15.0. The molecule has 2 aliphatic carbocycles. The molecule has 2 saturated carbocycles. The summed E-state index contributed by atoms with van der Waals surface area (Å²) in [4.78, 5) is 23.4. The second-order valence-corrected chi connectivity index (χ2v) is 6.83. The van der Waals surface area contributed by atoms with Gasteiger partial charge in [-0.1, -0.05) is 33.1 Å². The number of urea groups is 1. The molecule has 0 aromatic rings. The van der Waals surface area contributed by atoms with E-state index in [1.807, 2.05) is 0 Å². The Morgan fingerprint density at radius 3 is 2.55 bits per heavy atom. The van der Waals surface area contributed by atoms with Gasteiger partial charge in [-0.3, -0.25) is 4.79 Å². The first-order chi connectivity index (χ1) is 9.44. The van der Waals surface area contributed by atoms with E-state index in [0.717, 1.165) is 25.0 Å². The molecule has 0 unspecified atom stereocenters. The predicted octanol–water partition coefficient (Wildman–Crippen LogP) is 2.75. The lowest BCUT2D eigenvalue weighted by Crippen LogP contribution is -2.41. The van der Waals surface area contributed by atoms with Crippen molar-refractivity contribution in [2.75, 3.05) is 0 Å². The number of hydrogen-bond acceptors (Lipinski definition) is 3. The molecule has 20 heavy (non-hydrogen) atoms. The van der Waals surface area contributed by atoms with E-state index in [1.165, 1.54) is 19.3 Å². The van der Waals surface area contributed by atoms with Gasteiger partial charge in [-0.15, -0.1) is 0 Å². The van der Waals surface area contributed by atoms with Crippen molar-refractivity contribution in [3.05, 3.63) is 0 Å². The van der Waals surface area contributed by atoms with Gasteiger partial charge in [-0.25, -0.2) is 10.2 Å². The fraction of sp³-hybridized carbons (Fsp3) is 0.800. The fourth-order valence-electron chi connectivity index (χ4n) is 3.17. The number of rotatable bonds is 2. The maximum absolute atomic E-state index is 11.8. The number of carbonyl (C=O) groups is 2. The zero-order valence-electron chi connectivity index (χ0n) is 12.5. The topological polar surface area (TPSA) is 70.6 Å². The van der Waals surface area contributed by atoms with Gasteiger partial charge in [-0.05, 0) is 24.7 Å². The van der Waals surface area contributed by atoms with E-state index in [-0.39, 0.29) is 23.3 Å². The Balaban J connectivity index is 1.82. The molecule has 0 aromatic heterocycles. The van der Waals surface area contributed by atoms with Crippen molar-refractivity contribution in [3.8, 4) is 0 Å². The first-order valence-corrected chi connectivity index (χ1v) is 7.58. The number of Topliss-reactive ketones (excluding diaryl/α,β-unsaturated/α-hetero) is 1. The van der Waals surface area contributed by atoms with E-state index in [9.17, 15) is 9.59 Å². The first-order valence-electron chi connectivity index (χ1n) is 7.58. The van der Waals surface area contributed by atoms with Gasteiger partial charge in [0.15, 0.2) is 0 Å². The van der Waals surface area contributed by atoms with Crippen LogP contribution in [0, 0.1) is 5.41 Å². The van der Waals surface area contributed by atoms with Crippen LogP contribution in [0.3, 0.4) is 0 Å². The summed E-state index contributed by atoms with van der Waals surface area (Å²) in [6, 6.07) is 0.0219. The van der Waals surface area contributed by atoms with Crippen LogP contribution in [-0.2, 0) is 4.79 Å². The fourth-order valence-corrected chi connectivity index (χ4v) is 3.17. The van der Waals surface area contributed by atoms with Crippen LogP contribution in [0.15, 0.2) is 5.10 Å². The van der Waals surface area contributed by atoms with Crippen LogP contribution in [0.25, 0.3) is 0 Å². The highest BCUT2D eigenvalue weighted by atomic mass is 16.2. The zero-order valence-corrected chi connectivity index (χ0v) is 12.5. The van der Waals surface area contributed by atoms with E-state index >= 15 is 0 Å². The van der Waals surface area contributed by atoms with Crippen LogP contribution in [0.4, 0.5) is 4.79 Å². The lowest BCUT2D eigenvalue weighted by molar-refractivity contribution is -0.120. The van der Waals surface area contributed by atoms with Gasteiger partial charge in [0.2, 0.25) is 0 Å². The molecular formula is C15H25N3O2. The molecule has 5 nitrogen and oxygen atoms in total. The van der Waals surface area contributed by atoms with Crippen molar-refractivity contribution in [2.45, 2.75) is 71.3 Å². The highest BCUT2D eigenvalue weighted by Gasteiger charge is 2.30. The Morgan fingerprint density at radius 2 is 1.90 bits per heavy atom. The number of nitrogens with zero attached hydrogens (tertiary/aromatic N) is 1. The summed E-state index contributed by atoms with van der Waals surface area (Å²) in [5.41, 5.74) is 3.28. The molecule has 2 fully saturated rings. The molecule has 2 rings (SSSR count). The number of carbonyl (C=O) groups excluding carboxylic acids is 2. The van der Waals surface area contributed by atoms with E-state index in [1.54, 1.807) is 0 Å². The lowest BCUT2D eigenvalue weighted by atomic mass is 9.76. The van der Waals surface area contributed by atoms with Gasteiger partial charge in [0.1, 0.15) is 5.78 Å². The molecule has 2 N–H and O–H groups in total. The summed E-state index contributed by atoms with van der Waals surface area (Å²) < 4.78 is 0. The average Bonchev–Trinajstić information content (AvgIpc) is 2.35. The van der Waals surface area contributed by atoms with Crippen LogP contribution in [0.1, 0.15) is 65.2 Å². The van der Waals surface area contributed by atoms with Crippen LogP contribution in [0.5, 0.6) is 0 Å². The second kappa shape index (κ2) is 6.37. The molecular weight excluding hydrogens is 254 g/mol. The highest BCUT2D eigenvalue weighted by Crippen LogP contribution is 2.31. The smallest absolute Gasteiger partial charge is 0.334 e. The van der Waals surface area contributed by atoms with Gasteiger partial charge in [0, 0.05) is 24.6 Å². The van der Waals surface area contributed by atoms with Gasteiger partial charge < -0.3 is 5.32 Å². The summed E-state index contributed by atoms with van der Waals surface area (Å²) in [5.74, 6) is 0.203. The number of amides is 2. The van der Waals surface area contributed by atoms with Crippen LogP contribution in [0.2, 0.25) is 0 Å². The largest absolute Gasteiger partial charge is 0.335 e.